The Morgan fingerprint density at radius 2 is 2.00 bits per heavy atom. The number of hydrogen-bond acceptors (Lipinski definition) is 2. The van der Waals surface area contributed by atoms with Gasteiger partial charge in [0.05, 0.1) is 5.52 Å². The Hall–Kier alpha value is -1.41. The van der Waals surface area contributed by atoms with E-state index >= 15 is 0 Å². The van der Waals surface area contributed by atoms with Crippen LogP contribution in [0.1, 0.15) is 32.4 Å². The number of fused-ring (bicyclic) bond motifs is 1. The maximum absolute atomic E-state index is 4.72. The van der Waals surface area contributed by atoms with Crippen LogP contribution < -0.4 is 5.32 Å². The Labute approximate surface area is 116 Å². The average Bonchev–Trinajstić information content (AvgIpc) is 2.45. The highest BCUT2D eigenvalue weighted by molar-refractivity contribution is 5.78. The molecule has 2 heteroatoms. The number of aromatic nitrogens is 1. The molecule has 1 unspecified atom stereocenters. The van der Waals surface area contributed by atoms with Gasteiger partial charge in [-0.05, 0) is 50.4 Å². The van der Waals surface area contributed by atoms with Crippen molar-refractivity contribution in [3.8, 4) is 0 Å². The Bertz CT molecular complexity index is 507. The first-order valence-corrected chi connectivity index (χ1v) is 7.35. The van der Waals surface area contributed by atoms with Gasteiger partial charge in [0.1, 0.15) is 0 Å². The van der Waals surface area contributed by atoms with Crippen molar-refractivity contribution in [2.45, 2.75) is 33.1 Å². The quantitative estimate of drug-likeness (QED) is 0.762. The molecule has 0 saturated carbocycles. The van der Waals surface area contributed by atoms with Crippen molar-refractivity contribution >= 4 is 10.9 Å². The van der Waals surface area contributed by atoms with Gasteiger partial charge in [0.15, 0.2) is 0 Å². The van der Waals surface area contributed by atoms with E-state index in [-0.39, 0.29) is 0 Å². The fraction of sp³-hybridized carbons (Fsp3) is 0.471. The Kier molecular flexibility index (Phi) is 5.34. The van der Waals surface area contributed by atoms with Crippen molar-refractivity contribution in [3.63, 3.8) is 0 Å². The molecule has 0 radical (unpaired) electrons. The van der Waals surface area contributed by atoms with E-state index in [2.05, 4.69) is 55.6 Å². The van der Waals surface area contributed by atoms with Crippen molar-refractivity contribution in [2.75, 3.05) is 13.1 Å². The molecule has 19 heavy (non-hydrogen) atoms. The number of para-hydroxylation sites is 1. The first kappa shape index (κ1) is 14.0. The smallest absolute Gasteiger partial charge is 0.0705 e. The SMILES string of the molecule is CCCNCC(C)CCc1ccc2ccccc2n1. The molecule has 1 aromatic carbocycles. The highest BCUT2D eigenvalue weighted by Gasteiger charge is 2.04. The number of benzene rings is 1. The summed E-state index contributed by atoms with van der Waals surface area (Å²) in [7, 11) is 0. The first-order chi connectivity index (χ1) is 9.29. The van der Waals surface area contributed by atoms with Crippen molar-refractivity contribution in [3.05, 3.63) is 42.1 Å². The molecule has 2 nitrogen and oxygen atoms in total. The highest BCUT2D eigenvalue weighted by Crippen LogP contribution is 2.14. The second-order valence-electron chi connectivity index (χ2n) is 5.34. The van der Waals surface area contributed by atoms with E-state index in [0.29, 0.717) is 5.92 Å². The number of nitrogens with one attached hydrogen (secondary N) is 1. The monoisotopic (exact) mass is 256 g/mol. The van der Waals surface area contributed by atoms with Gasteiger partial charge in [-0.15, -0.1) is 0 Å². The van der Waals surface area contributed by atoms with Crippen LogP contribution >= 0.6 is 0 Å². The zero-order valence-electron chi connectivity index (χ0n) is 12.0. The molecule has 0 spiro atoms. The van der Waals surface area contributed by atoms with Gasteiger partial charge >= 0.3 is 0 Å². The fourth-order valence-electron chi connectivity index (χ4n) is 2.27. The lowest BCUT2D eigenvalue weighted by Gasteiger charge is -2.12. The minimum atomic E-state index is 0.708. The molecule has 0 fully saturated rings. The van der Waals surface area contributed by atoms with E-state index < -0.39 is 0 Å². The molecule has 0 aliphatic rings. The van der Waals surface area contributed by atoms with E-state index in [1.54, 1.807) is 0 Å². The van der Waals surface area contributed by atoms with Crippen LogP contribution in [-0.2, 0) is 6.42 Å². The maximum atomic E-state index is 4.72. The van der Waals surface area contributed by atoms with E-state index in [4.69, 9.17) is 4.98 Å². The van der Waals surface area contributed by atoms with Crippen LogP contribution in [0.15, 0.2) is 36.4 Å². The standard InChI is InChI=1S/C17H24N2/c1-3-12-18-13-14(2)8-10-16-11-9-15-6-4-5-7-17(15)19-16/h4-7,9,11,14,18H,3,8,10,12-13H2,1-2H3. The molecule has 2 aromatic rings. The van der Waals surface area contributed by atoms with Crippen molar-refractivity contribution in [1.82, 2.24) is 10.3 Å². The van der Waals surface area contributed by atoms with Gasteiger partial charge in [-0.1, -0.05) is 38.1 Å². The summed E-state index contributed by atoms with van der Waals surface area (Å²) in [5.74, 6) is 0.708. The molecule has 102 valence electrons. The zero-order valence-corrected chi connectivity index (χ0v) is 12.0. The molecule has 0 aliphatic carbocycles. The third-order valence-corrected chi connectivity index (χ3v) is 3.47. The molecule has 1 atom stereocenters. The molecule has 0 aliphatic heterocycles. The maximum Gasteiger partial charge on any atom is 0.0705 e. The molecule has 2 rings (SSSR count). The summed E-state index contributed by atoms with van der Waals surface area (Å²) in [6.45, 7) is 6.75. The van der Waals surface area contributed by atoms with Crippen LogP contribution in [0, 0.1) is 5.92 Å². The number of hydrogen-bond donors (Lipinski definition) is 1. The molecule has 0 bridgehead atoms. The summed E-state index contributed by atoms with van der Waals surface area (Å²) in [6, 6.07) is 12.7. The van der Waals surface area contributed by atoms with E-state index in [0.717, 1.165) is 25.0 Å². The molecule has 1 N–H and O–H groups in total. The van der Waals surface area contributed by atoms with Crippen LogP contribution in [0.4, 0.5) is 0 Å². The lowest BCUT2D eigenvalue weighted by Crippen LogP contribution is -2.22. The molecular formula is C17H24N2. The number of aryl methyl sites for hydroxylation is 1. The average molecular weight is 256 g/mol. The summed E-state index contributed by atoms with van der Waals surface area (Å²) in [6.07, 6.45) is 3.47. The van der Waals surface area contributed by atoms with Crippen molar-refractivity contribution < 1.29 is 0 Å². The largest absolute Gasteiger partial charge is 0.316 e. The van der Waals surface area contributed by atoms with Gasteiger partial charge < -0.3 is 5.32 Å². The van der Waals surface area contributed by atoms with Gasteiger partial charge in [-0.25, -0.2) is 0 Å². The fourth-order valence-corrected chi connectivity index (χ4v) is 2.27. The van der Waals surface area contributed by atoms with Crippen LogP contribution in [0.3, 0.4) is 0 Å². The van der Waals surface area contributed by atoms with Crippen molar-refractivity contribution in [2.24, 2.45) is 5.92 Å². The highest BCUT2D eigenvalue weighted by atomic mass is 14.8. The normalized spacial score (nSPS) is 12.7. The first-order valence-electron chi connectivity index (χ1n) is 7.35. The molecule has 0 saturated heterocycles. The summed E-state index contributed by atoms with van der Waals surface area (Å²) >= 11 is 0. The van der Waals surface area contributed by atoms with E-state index in [9.17, 15) is 0 Å². The minimum Gasteiger partial charge on any atom is -0.316 e. The Morgan fingerprint density at radius 3 is 2.84 bits per heavy atom. The lowest BCUT2D eigenvalue weighted by atomic mass is 10.0. The van der Waals surface area contributed by atoms with Crippen LogP contribution in [0.2, 0.25) is 0 Å². The molecular weight excluding hydrogens is 232 g/mol. The molecule has 0 amide bonds. The van der Waals surface area contributed by atoms with E-state index in [1.165, 1.54) is 23.9 Å². The lowest BCUT2D eigenvalue weighted by molar-refractivity contribution is 0.479. The Balaban J connectivity index is 1.87. The van der Waals surface area contributed by atoms with E-state index in [1.807, 2.05) is 0 Å². The summed E-state index contributed by atoms with van der Waals surface area (Å²) in [5.41, 5.74) is 2.32. The second kappa shape index (κ2) is 7.25. The number of rotatable bonds is 7. The summed E-state index contributed by atoms with van der Waals surface area (Å²) in [4.78, 5) is 4.72. The van der Waals surface area contributed by atoms with Gasteiger partial charge in [0, 0.05) is 11.1 Å². The third kappa shape index (κ3) is 4.32. The predicted molar refractivity (Wildman–Crippen MR) is 82.4 cm³/mol. The van der Waals surface area contributed by atoms with Gasteiger partial charge in [0.25, 0.3) is 0 Å². The molecule has 1 aromatic heterocycles. The van der Waals surface area contributed by atoms with Gasteiger partial charge in [-0.3, -0.25) is 4.98 Å². The van der Waals surface area contributed by atoms with Crippen molar-refractivity contribution in [1.29, 1.82) is 0 Å². The van der Waals surface area contributed by atoms with Crippen LogP contribution in [0.25, 0.3) is 10.9 Å². The number of nitrogens with zero attached hydrogens (tertiary/aromatic N) is 1. The van der Waals surface area contributed by atoms with Crippen LogP contribution in [0.5, 0.6) is 0 Å². The third-order valence-electron chi connectivity index (χ3n) is 3.47. The van der Waals surface area contributed by atoms with Crippen LogP contribution in [-0.4, -0.2) is 18.1 Å². The second-order valence-corrected chi connectivity index (χ2v) is 5.34. The predicted octanol–water partition coefficient (Wildman–Crippen LogP) is 3.80. The Morgan fingerprint density at radius 1 is 1.16 bits per heavy atom. The minimum absolute atomic E-state index is 0.708. The zero-order chi connectivity index (χ0) is 13.5. The van der Waals surface area contributed by atoms with Gasteiger partial charge in [-0.2, -0.15) is 0 Å². The molecule has 1 heterocycles. The van der Waals surface area contributed by atoms with Gasteiger partial charge in [0.2, 0.25) is 0 Å². The summed E-state index contributed by atoms with van der Waals surface area (Å²) in [5, 5.41) is 4.71. The number of pyridine rings is 1. The summed E-state index contributed by atoms with van der Waals surface area (Å²) < 4.78 is 0. The topological polar surface area (TPSA) is 24.9 Å².